The SMILES string of the molecule is COc1cccc(OC)c1C(c1cccc(OCc2ccccc2)c1)N1CCC(C(=O)O)CC1. The molecule has 4 rings (SSSR count). The van der Waals surface area contributed by atoms with E-state index in [1.54, 1.807) is 14.2 Å². The van der Waals surface area contributed by atoms with Crippen molar-refractivity contribution in [1.82, 2.24) is 4.90 Å². The highest BCUT2D eigenvalue weighted by molar-refractivity contribution is 5.70. The zero-order valence-electron chi connectivity index (χ0n) is 19.6. The summed E-state index contributed by atoms with van der Waals surface area (Å²) in [7, 11) is 3.32. The third kappa shape index (κ3) is 5.34. The minimum atomic E-state index is -0.720. The molecule has 0 amide bonds. The maximum absolute atomic E-state index is 11.5. The summed E-state index contributed by atoms with van der Waals surface area (Å²) in [4.78, 5) is 13.8. The summed E-state index contributed by atoms with van der Waals surface area (Å²) in [6, 6.07) is 23.8. The molecule has 1 saturated heterocycles. The number of carboxylic acid groups (broad SMARTS) is 1. The van der Waals surface area contributed by atoms with E-state index >= 15 is 0 Å². The smallest absolute Gasteiger partial charge is 0.306 e. The predicted molar refractivity (Wildman–Crippen MR) is 131 cm³/mol. The summed E-state index contributed by atoms with van der Waals surface area (Å²) < 4.78 is 17.6. The molecular weight excluding hydrogens is 430 g/mol. The lowest BCUT2D eigenvalue weighted by atomic mass is 9.90. The molecule has 1 N–H and O–H groups in total. The Bertz CT molecular complexity index is 1070. The van der Waals surface area contributed by atoms with E-state index in [2.05, 4.69) is 17.0 Å². The topological polar surface area (TPSA) is 68.2 Å². The van der Waals surface area contributed by atoms with Crippen LogP contribution in [0.5, 0.6) is 17.2 Å². The van der Waals surface area contributed by atoms with Crippen LogP contribution in [-0.4, -0.2) is 43.3 Å². The fourth-order valence-electron chi connectivity index (χ4n) is 4.63. The molecule has 0 radical (unpaired) electrons. The van der Waals surface area contributed by atoms with Crippen molar-refractivity contribution in [3.05, 3.63) is 89.5 Å². The predicted octanol–water partition coefficient (Wildman–Crippen LogP) is 5.17. The zero-order chi connectivity index (χ0) is 23.9. The van der Waals surface area contributed by atoms with Crippen LogP contribution in [0.3, 0.4) is 0 Å². The van der Waals surface area contributed by atoms with Crippen molar-refractivity contribution in [2.45, 2.75) is 25.5 Å². The number of hydrogen-bond donors (Lipinski definition) is 1. The Morgan fingerprint density at radius 3 is 2.21 bits per heavy atom. The Labute approximate surface area is 200 Å². The largest absolute Gasteiger partial charge is 0.496 e. The van der Waals surface area contributed by atoms with Gasteiger partial charge in [-0.25, -0.2) is 0 Å². The van der Waals surface area contributed by atoms with E-state index in [0.717, 1.165) is 33.9 Å². The third-order valence-corrected chi connectivity index (χ3v) is 6.41. The first-order valence-corrected chi connectivity index (χ1v) is 11.5. The van der Waals surface area contributed by atoms with E-state index in [1.807, 2.05) is 60.7 Å². The Morgan fingerprint density at radius 1 is 0.941 bits per heavy atom. The minimum absolute atomic E-state index is 0.166. The van der Waals surface area contributed by atoms with Gasteiger partial charge in [0.05, 0.1) is 31.7 Å². The van der Waals surface area contributed by atoms with Crippen molar-refractivity contribution in [1.29, 1.82) is 0 Å². The standard InChI is InChI=1S/C28H31NO5/c1-32-24-12-7-13-25(33-2)26(24)27(29-16-14-21(15-17-29)28(30)31)22-10-6-11-23(18-22)34-19-20-8-4-3-5-9-20/h3-13,18,21,27H,14-17,19H2,1-2H3,(H,30,31). The van der Waals surface area contributed by atoms with E-state index < -0.39 is 5.97 Å². The lowest BCUT2D eigenvalue weighted by Gasteiger charge is -2.38. The van der Waals surface area contributed by atoms with Crippen LogP contribution in [0.2, 0.25) is 0 Å². The Morgan fingerprint density at radius 2 is 1.59 bits per heavy atom. The molecule has 1 aliphatic heterocycles. The maximum atomic E-state index is 11.5. The first kappa shape index (κ1) is 23.6. The van der Waals surface area contributed by atoms with Crippen LogP contribution < -0.4 is 14.2 Å². The molecule has 3 aromatic rings. The lowest BCUT2D eigenvalue weighted by molar-refractivity contribution is -0.143. The molecule has 34 heavy (non-hydrogen) atoms. The van der Waals surface area contributed by atoms with Crippen LogP contribution in [0.25, 0.3) is 0 Å². The summed E-state index contributed by atoms with van der Waals surface area (Å²) in [5.74, 6) is 1.22. The number of rotatable bonds is 9. The van der Waals surface area contributed by atoms with Crippen molar-refractivity contribution >= 4 is 5.97 Å². The number of ether oxygens (including phenoxy) is 3. The van der Waals surface area contributed by atoms with Crippen LogP contribution in [-0.2, 0) is 11.4 Å². The number of nitrogens with zero attached hydrogens (tertiary/aromatic N) is 1. The molecule has 0 aromatic heterocycles. The monoisotopic (exact) mass is 461 g/mol. The number of carboxylic acids is 1. The average Bonchev–Trinajstić information content (AvgIpc) is 2.89. The summed E-state index contributed by atoms with van der Waals surface area (Å²) in [5.41, 5.74) is 3.08. The van der Waals surface area contributed by atoms with Gasteiger partial charge in [-0.3, -0.25) is 9.69 Å². The second kappa shape index (κ2) is 11.1. The third-order valence-electron chi connectivity index (χ3n) is 6.41. The van der Waals surface area contributed by atoms with Crippen molar-refractivity contribution in [3.63, 3.8) is 0 Å². The van der Waals surface area contributed by atoms with Crippen molar-refractivity contribution in [3.8, 4) is 17.2 Å². The molecule has 1 atom stereocenters. The second-order valence-electron chi connectivity index (χ2n) is 8.47. The number of piperidine rings is 1. The molecule has 1 aliphatic rings. The highest BCUT2D eigenvalue weighted by Gasteiger charge is 2.33. The van der Waals surface area contributed by atoms with E-state index in [9.17, 15) is 9.90 Å². The van der Waals surface area contributed by atoms with Gasteiger partial charge in [-0.2, -0.15) is 0 Å². The highest BCUT2D eigenvalue weighted by Crippen LogP contribution is 2.42. The lowest BCUT2D eigenvalue weighted by Crippen LogP contribution is -2.39. The van der Waals surface area contributed by atoms with Gasteiger partial charge in [0.1, 0.15) is 23.9 Å². The van der Waals surface area contributed by atoms with Gasteiger partial charge < -0.3 is 19.3 Å². The van der Waals surface area contributed by atoms with Gasteiger partial charge in [0.25, 0.3) is 0 Å². The summed E-state index contributed by atoms with van der Waals surface area (Å²) >= 11 is 0. The number of methoxy groups -OCH3 is 2. The molecule has 6 nitrogen and oxygen atoms in total. The Hall–Kier alpha value is -3.51. The fraction of sp³-hybridized carbons (Fsp3) is 0.321. The van der Waals surface area contributed by atoms with Gasteiger partial charge in [-0.05, 0) is 61.3 Å². The first-order chi connectivity index (χ1) is 16.6. The zero-order valence-corrected chi connectivity index (χ0v) is 19.6. The van der Waals surface area contributed by atoms with Crippen LogP contribution in [0.1, 0.15) is 35.6 Å². The molecule has 0 bridgehead atoms. The normalized spacial score (nSPS) is 15.5. The molecule has 1 unspecified atom stereocenters. The summed E-state index contributed by atoms with van der Waals surface area (Å²) in [6.45, 7) is 1.81. The first-order valence-electron chi connectivity index (χ1n) is 11.5. The van der Waals surface area contributed by atoms with Gasteiger partial charge in [-0.15, -0.1) is 0 Å². The Kier molecular flexibility index (Phi) is 7.70. The quantitative estimate of drug-likeness (QED) is 0.474. The molecule has 0 spiro atoms. The number of benzene rings is 3. The van der Waals surface area contributed by atoms with Gasteiger partial charge in [0, 0.05) is 0 Å². The van der Waals surface area contributed by atoms with Crippen LogP contribution in [0, 0.1) is 5.92 Å². The number of likely N-dealkylation sites (tertiary alicyclic amines) is 1. The van der Waals surface area contributed by atoms with E-state index in [-0.39, 0.29) is 12.0 Å². The van der Waals surface area contributed by atoms with Crippen LogP contribution >= 0.6 is 0 Å². The summed E-state index contributed by atoms with van der Waals surface area (Å²) in [6.07, 6.45) is 1.21. The number of aliphatic carboxylic acids is 1. The van der Waals surface area contributed by atoms with Crippen molar-refractivity contribution in [2.75, 3.05) is 27.3 Å². The molecule has 0 aliphatic carbocycles. The highest BCUT2D eigenvalue weighted by atomic mass is 16.5. The molecule has 0 saturated carbocycles. The van der Waals surface area contributed by atoms with Crippen molar-refractivity contribution < 1.29 is 24.1 Å². The minimum Gasteiger partial charge on any atom is -0.496 e. The van der Waals surface area contributed by atoms with Crippen molar-refractivity contribution in [2.24, 2.45) is 5.92 Å². The van der Waals surface area contributed by atoms with E-state index in [1.165, 1.54) is 0 Å². The second-order valence-corrected chi connectivity index (χ2v) is 8.47. The van der Waals surface area contributed by atoms with Gasteiger partial charge in [0.15, 0.2) is 0 Å². The van der Waals surface area contributed by atoms with Crippen LogP contribution in [0.4, 0.5) is 0 Å². The molecule has 1 heterocycles. The number of hydrogen-bond acceptors (Lipinski definition) is 5. The molecule has 6 heteroatoms. The average molecular weight is 462 g/mol. The number of carbonyl (C=O) groups is 1. The maximum Gasteiger partial charge on any atom is 0.306 e. The van der Waals surface area contributed by atoms with Gasteiger partial charge >= 0.3 is 5.97 Å². The van der Waals surface area contributed by atoms with Crippen LogP contribution in [0.15, 0.2) is 72.8 Å². The van der Waals surface area contributed by atoms with Gasteiger partial charge in [-0.1, -0.05) is 48.5 Å². The molecule has 3 aromatic carbocycles. The fourth-order valence-corrected chi connectivity index (χ4v) is 4.63. The molecule has 178 valence electrons. The van der Waals surface area contributed by atoms with E-state index in [4.69, 9.17) is 14.2 Å². The molecule has 1 fully saturated rings. The summed E-state index contributed by atoms with van der Waals surface area (Å²) in [5, 5.41) is 9.48. The molecular formula is C28H31NO5. The Balaban J connectivity index is 1.69. The van der Waals surface area contributed by atoms with Gasteiger partial charge in [0.2, 0.25) is 0 Å². The van der Waals surface area contributed by atoms with E-state index in [0.29, 0.717) is 32.5 Å².